The minimum Gasteiger partial charge on any atom is -0.374 e. The van der Waals surface area contributed by atoms with E-state index in [1.165, 1.54) is 18.4 Å². The molecule has 1 aliphatic carbocycles. The molecular formula is C21H26N2O2. The molecule has 0 bridgehead atoms. The average Bonchev–Trinajstić information content (AvgIpc) is 2.66. The van der Waals surface area contributed by atoms with Gasteiger partial charge in [0.25, 0.3) is 5.91 Å². The predicted molar refractivity (Wildman–Crippen MR) is 98.9 cm³/mol. The first-order valence-corrected chi connectivity index (χ1v) is 9.50. The molecule has 2 aromatic rings. The smallest absolute Gasteiger partial charge is 0.255 e. The van der Waals surface area contributed by atoms with Crippen LogP contribution in [0.5, 0.6) is 0 Å². The molecular weight excluding hydrogens is 312 g/mol. The fraction of sp³-hybridized carbons (Fsp3) is 0.524. The second-order valence-corrected chi connectivity index (χ2v) is 7.28. The van der Waals surface area contributed by atoms with Crippen LogP contribution in [-0.4, -0.2) is 41.1 Å². The van der Waals surface area contributed by atoms with Gasteiger partial charge in [0.1, 0.15) is 0 Å². The van der Waals surface area contributed by atoms with Crippen molar-refractivity contribution in [2.45, 2.75) is 58.1 Å². The Bertz CT molecular complexity index is 800. The second-order valence-electron chi connectivity index (χ2n) is 7.28. The molecule has 1 amide bonds. The summed E-state index contributed by atoms with van der Waals surface area (Å²) < 4.78 is 5.94. The zero-order valence-corrected chi connectivity index (χ0v) is 15.1. The highest BCUT2D eigenvalue weighted by Crippen LogP contribution is 2.31. The summed E-state index contributed by atoms with van der Waals surface area (Å²) in [6.45, 7) is 5.44. The maximum Gasteiger partial charge on any atom is 0.255 e. The standard InChI is InChI=1S/C21H26N2O2/c1-3-15-8-9-18-16(13-15)17(12-14(2)22-18)21(24)23-10-11-25-20-7-5-4-6-19(20)23/h8-9,12-13,19-20H,3-7,10-11H2,1-2H3/t19-,20-/m1/s1. The van der Waals surface area contributed by atoms with Gasteiger partial charge in [-0.15, -0.1) is 0 Å². The Hall–Kier alpha value is -1.94. The van der Waals surface area contributed by atoms with Gasteiger partial charge in [-0.05, 0) is 49.9 Å². The molecule has 1 aromatic heterocycles. The van der Waals surface area contributed by atoms with Gasteiger partial charge in [-0.2, -0.15) is 0 Å². The van der Waals surface area contributed by atoms with Gasteiger partial charge in [0.05, 0.1) is 29.8 Å². The third-order valence-corrected chi connectivity index (χ3v) is 5.63. The van der Waals surface area contributed by atoms with Crippen LogP contribution in [0.25, 0.3) is 10.9 Å². The lowest BCUT2D eigenvalue weighted by molar-refractivity contribution is -0.0752. The number of nitrogens with zero attached hydrogens (tertiary/aromatic N) is 2. The molecule has 25 heavy (non-hydrogen) atoms. The number of carbonyl (C=O) groups excluding carboxylic acids is 1. The predicted octanol–water partition coefficient (Wildman–Crippen LogP) is 3.89. The van der Waals surface area contributed by atoms with Crippen molar-refractivity contribution >= 4 is 16.8 Å². The highest BCUT2D eigenvalue weighted by Gasteiger charge is 2.37. The Kier molecular flexibility index (Phi) is 4.46. The van der Waals surface area contributed by atoms with Crippen molar-refractivity contribution in [3.05, 3.63) is 41.1 Å². The van der Waals surface area contributed by atoms with E-state index in [9.17, 15) is 4.79 Å². The van der Waals surface area contributed by atoms with E-state index in [1.54, 1.807) is 0 Å². The van der Waals surface area contributed by atoms with Crippen LogP contribution in [0, 0.1) is 6.92 Å². The van der Waals surface area contributed by atoms with E-state index in [-0.39, 0.29) is 18.1 Å². The minimum atomic E-state index is 0.143. The van der Waals surface area contributed by atoms with Crippen LogP contribution >= 0.6 is 0 Å². The molecule has 1 saturated carbocycles. The van der Waals surface area contributed by atoms with Gasteiger partial charge < -0.3 is 9.64 Å². The first-order valence-electron chi connectivity index (χ1n) is 9.50. The van der Waals surface area contributed by atoms with Crippen LogP contribution in [0.15, 0.2) is 24.3 Å². The van der Waals surface area contributed by atoms with Crippen LogP contribution in [0.1, 0.15) is 54.2 Å². The number of aryl methyl sites for hydroxylation is 2. The molecule has 1 aromatic carbocycles. The zero-order valence-electron chi connectivity index (χ0n) is 15.1. The SMILES string of the molecule is CCc1ccc2nc(C)cc(C(=O)N3CCO[C@@H]4CCCC[C@H]43)c2c1. The number of carbonyl (C=O) groups is 1. The summed E-state index contributed by atoms with van der Waals surface area (Å²) in [6, 6.07) is 8.47. The van der Waals surface area contributed by atoms with Gasteiger partial charge in [-0.1, -0.05) is 25.8 Å². The highest BCUT2D eigenvalue weighted by molar-refractivity contribution is 6.06. The lowest BCUT2D eigenvalue weighted by Crippen LogP contribution is -2.54. The molecule has 2 aliphatic rings. The summed E-state index contributed by atoms with van der Waals surface area (Å²) in [5.74, 6) is 0.143. The summed E-state index contributed by atoms with van der Waals surface area (Å²) in [6.07, 6.45) is 5.69. The number of hydrogen-bond donors (Lipinski definition) is 0. The molecule has 2 heterocycles. The molecule has 0 radical (unpaired) electrons. The van der Waals surface area contributed by atoms with Crippen molar-refractivity contribution in [3.63, 3.8) is 0 Å². The first kappa shape index (κ1) is 16.5. The number of ether oxygens (including phenoxy) is 1. The molecule has 0 spiro atoms. The van der Waals surface area contributed by atoms with E-state index in [1.807, 2.05) is 19.1 Å². The topological polar surface area (TPSA) is 42.4 Å². The van der Waals surface area contributed by atoms with Gasteiger partial charge in [0, 0.05) is 17.6 Å². The van der Waals surface area contributed by atoms with Crippen molar-refractivity contribution < 1.29 is 9.53 Å². The fourth-order valence-corrected chi connectivity index (χ4v) is 4.31. The van der Waals surface area contributed by atoms with Crippen molar-refractivity contribution in [2.75, 3.05) is 13.2 Å². The quantitative estimate of drug-likeness (QED) is 0.834. The number of pyridine rings is 1. The van der Waals surface area contributed by atoms with Crippen LogP contribution in [0.4, 0.5) is 0 Å². The number of amides is 1. The van der Waals surface area contributed by atoms with E-state index >= 15 is 0 Å². The molecule has 1 aliphatic heterocycles. The monoisotopic (exact) mass is 338 g/mol. The molecule has 0 unspecified atom stereocenters. The summed E-state index contributed by atoms with van der Waals surface area (Å²) in [7, 11) is 0. The Labute approximate surface area is 149 Å². The Morgan fingerprint density at radius 1 is 1.28 bits per heavy atom. The lowest BCUT2D eigenvalue weighted by Gasteiger charge is -2.43. The summed E-state index contributed by atoms with van der Waals surface area (Å²) in [5, 5.41) is 0.980. The summed E-state index contributed by atoms with van der Waals surface area (Å²) >= 11 is 0. The molecule has 2 fully saturated rings. The molecule has 1 saturated heterocycles. The number of morpholine rings is 1. The lowest BCUT2D eigenvalue weighted by atomic mass is 9.89. The zero-order chi connectivity index (χ0) is 17.4. The van der Waals surface area contributed by atoms with Crippen molar-refractivity contribution in [1.82, 2.24) is 9.88 Å². The van der Waals surface area contributed by atoms with Crippen LogP contribution in [0.2, 0.25) is 0 Å². The number of rotatable bonds is 2. The van der Waals surface area contributed by atoms with Gasteiger partial charge in [-0.3, -0.25) is 9.78 Å². The van der Waals surface area contributed by atoms with Crippen molar-refractivity contribution in [1.29, 1.82) is 0 Å². The number of fused-ring (bicyclic) bond motifs is 2. The molecule has 4 heteroatoms. The highest BCUT2D eigenvalue weighted by atomic mass is 16.5. The van der Waals surface area contributed by atoms with E-state index in [4.69, 9.17) is 4.74 Å². The van der Waals surface area contributed by atoms with Gasteiger partial charge >= 0.3 is 0 Å². The minimum absolute atomic E-state index is 0.143. The Morgan fingerprint density at radius 2 is 2.12 bits per heavy atom. The first-order chi connectivity index (χ1) is 12.2. The van der Waals surface area contributed by atoms with Gasteiger partial charge in [0.2, 0.25) is 0 Å². The third-order valence-electron chi connectivity index (χ3n) is 5.63. The molecule has 2 atom stereocenters. The number of hydrogen-bond acceptors (Lipinski definition) is 3. The van der Waals surface area contributed by atoms with E-state index in [0.29, 0.717) is 13.2 Å². The van der Waals surface area contributed by atoms with Crippen LogP contribution < -0.4 is 0 Å². The molecule has 132 valence electrons. The van der Waals surface area contributed by atoms with Crippen LogP contribution in [-0.2, 0) is 11.2 Å². The summed E-state index contributed by atoms with van der Waals surface area (Å²) in [5.41, 5.74) is 3.84. The third kappa shape index (κ3) is 3.04. The van der Waals surface area contributed by atoms with E-state index < -0.39 is 0 Å². The second kappa shape index (κ2) is 6.75. The maximum absolute atomic E-state index is 13.5. The number of aromatic nitrogens is 1. The molecule has 0 N–H and O–H groups in total. The largest absolute Gasteiger partial charge is 0.374 e. The van der Waals surface area contributed by atoms with Gasteiger partial charge in [0.15, 0.2) is 0 Å². The maximum atomic E-state index is 13.5. The van der Waals surface area contributed by atoms with E-state index in [2.05, 4.69) is 28.9 Å². The fourth-order valence-electron chi connectivity index (χ4n) is 4.31. The van der Waals surface area contributed by atoms with Crippen molar-refractivity contribution in [2.24, 2.45) is 0 Å². The van der Waals surface area contributed by atoms with Gasteiger partial charge in [-0.25, -0.2) is 0 Å². The molecule has 4 rings (SSSR count). The Morgan fingerprint density at radius 3 is 2.96 bits per heavy atom. The normalized spacial score (nSPS) is 23.5. The van der Waals surface area contributed by atoms with Crippen molar-refractivity contribution in [3.8, 4) is 0 Å². The summed E-state index contributed by atoms with van der Waals surface area (Å²) in [4.78, 5) is 20.2. The molecule has 4 nitrogen and oxygen atoms in total. The van der Waals surface area contributed by atoms with Crippen LogP contribution in [0.3, 0.4) is 0 Å². The number of benzene rings is 1. The average molecular weight is 338 g/mol. The van der Waals surface area contributed by atoms with E-state index in [0.717, 1.165) is 41.4 Å². The Balaban J connectivity index is 1.76.